The van der Waals surface area contributed by atoms with E-state index in [1.807, 2.05) is 12.1 Å². The molecule has 1 aromatic carbocycles. The Hall–Kier alpha value is -0.930. The second-order valence-corrected chi connectivity index (χ2v) is 6.50. The van der Waals surface area contributed by atoms with E-state index in [9.17, 15) is 4.39 Å². The highest BCUT2D eigenvalue weighted by Gasteiger charge is 2.39. The summed E-state index contributed by atoms with van der Waals surface area (Å²) in [5, 5.41) is 0. The van der Waals surface area contributed by atoms with Crippen molar-refractivity contribution in [3.8, 4) is 0 Å². The van der Waals surface area contributed by atoms with E-state index >= 15 is 0 Å². The minimum Gasteiger partial charge on any atom is -0.326 e. The molecule has 118 valence electrons. The van der Waals surface area contributed by atoms with Crippen LogP contribution in [-0.4, -0.2) is 24.0 Å². The van der Waals surface area contributed by atoms with Gasteiger partial charge in [-0.25, -0.2) is 4.39 Å². The fourth-order valence-corrected chi connectivity index (χ4v) is 3.65. The summed E-state index contributed by atoms with van der Waals surface area (Å²) in [4.78, 5) is 2.52. The summed E-state index contributed by atoms with van der Waals surface area (Å²) in [5.41, 5.74) is 7.99. The lowest BCUT2D eigenvalue weighted by Gasteiger charge is -2.35. The Kier molecular flexibility index (Phi) is 5.39. The second kappa shape index (κ2) is 6.89. The minimum atomic E-state index is -0.180. The molecule has 1 aromatic rings. The average Bonchev–Trinajstić information content (AvgIpc) is 2.94. The van der Waals surface area contributed by atoms with Crippen molar-refractivity contribution in [2.24, 2.45) is 11.1 Å². The maximum atomic E-state index is 13.2. The summed E-state index contributed by atoms with van der Waals surface area (Å²) < 4.78 is 13.2. The van der Waals surface area contributed by atoms with E-state index in [2.05, 4.69) is 25.7 Å². The number of hydrogen-bond acceptors (Lipinski definition) is 2. The van der Waals surface area contributed by atoms with Crippen LogP contribution >= 0.6 is 0 Å². The third-order valence-corrected chi connectivity index (χ3v) is 5.45. The lowest BCUT2D eigenvalue weighted by atomic mass is 9.82. The molecular formula is C18H29FN2. The molecule has 0 spiro atoms. The Balaban J connectivity index is 2.24. The molecule has 2 rings (SSSR count). The van der Waals surface area contributed by atoms with Gasteiger partial charge < -0.3 is 5.73 Å². The van der Waals surface area contributed by atoms with Gasteiger partial charge in [0.2, 0.25) is 0 Å². The summed E-state index contributed by atoms with van der Waals surface area (Å²) in [6.07, 6.45) is 4.62. The Morgan fingerprint density at radius 3 is 2.29 bits per heavy atom. The molecule has 0 radical (unpaired) electrons. The van der Waals surface area contributed by atoms with Crippen LogP contribution < -0.4 is 5.73 Å². The van der Waals surface area contributed by atoms with Gasteiger partial charge >= 0.3 is 0 Å². The van der Waals surface area contributed by atoms with Gasteiger partial charge in [0.15, 0.2) is 0 Å². The van der Waals surface area contributed by atoms with E-state index < -0.39 is 0 Å². The van der Waals surface area contributed by atoms with Crippen LogP contribution in [0, 0.1) is 11.2 Å². The number of halogens is 1. The monoisotopic (exact) mass is 292 g/mol. The standard InChI is InChI=1S/C18H29FN2/c1-4-16(20)17(14-7-9-15(19)10-8-14)21-12-11-18(5-2,6-3)13-21/h7-10,16-17H,4-6,11-13,20H2,1-3H3. The first-order valence-electron chi connectivity index (χ1n) is 8.30. The molecule has 1 heterocycles. The summed E-state index contributed by atoms with van der Waals surface area (Å²) in [7, 11) is 0. The number of nitrogens with zero attached hydrogens (tertiary/aromatic N) is 1. The molecule has 21 heavy (non-hydrogen) atoms. The zero-order valence-electron chi connectivity index (χ0n) is 13.6. The zero-order valence-corrected chi connectivity index (χ0v) is 13.6. The fourth-order valence-electron chi connectivity index (χ4n) is 3.65. The molecule has 2 atom stereocenters. The van der Waals surface area contributed by atoms with Crippen molar-refractivity contribution in [3.05, 3.63) is 35.6 Å². The molecule has 0 bridgehead atoms. The summed E-state index contributed by atoms with van der Waals surface area (Å²) >= 11 is 0. The number of likely N-dealkylation sites (tertiary alicyclic amines) is 1. The Morgan fingerprint density at radius 1 is 1.19 bits per heavy atom. The van der Waals surface area contributed by atoms with Crippen LogP contribution in [0.3, 0.4) is 0 Å². The molecule has 0 saturated carbocycles. The largest absolute Gasteiger partial charge is 0.326 e. The van der Waals surface area contributed by atoms with Crippen molar-refractivity contribution in [1.82, 2.24) is 4.90 Å². The Morgan fingerprint density at radius 2 is 1.81 bits per heavy atom. The maximum absolute atomic E-state index is 13.2. The quantitative estimate of drug-likeness (QED) is 0.854. The van der Waals surface area contributed by atoms with Crippen molar-refractivity contribution in [1.29, 1.82) is 0 Å². The molecule has 2 unspecified atom stereocenters. The molecule has 0 amide bonds. The molecule has 2 nitrogen and oxygen atoms in total. The summed E-state index contributed by atoms with van der Waals surface area (Å²) in [6, 6.07) is 7.19. The van der Waals surface area contributed by atoms with E-state index in [-0.39, 0.29) is 17.9 Å². The van der Waals surface area contributed by atoms with Crippen LogP contribution in [0.4, 0.5) is 4.39 Å². The maximum Gasteiger partial charge on any atom is 0.123 e. The molecule has 1 saturated heterocycles. The highest BCUT2D eigenvalue weighted by molar-refractivity contribution is 5.22. The lowest BCUT2D eigenvalue weighted by molar-refractivity contribution is 0.172. The van der Waals surface area contributed by atoms with Crippen LogP contribution in [0.1, 0.15) is 58.1 Å². The van der Waals surface area contributed by atoms with Crippen molar-refractivity contribution in [2.45, 2.75) is 58.5 Å². The van der Waals surface area contributed by atoms with E-state index in [4.69, 9.17) is 5.73 Å². The lowest BCUT2D eigenvalue weighted by Crippen LogP contribution is -2.40. The van der Waals surface area contributed by atoms with Crippen LogP contribution in [0.5, 0.6) is 0 Å². The summed E-state index contributed by atoms with van der Waals surface area (Å²) in [5.74, 6) is -0.180. The summed E-state index contributed by atoms with van der Waals surface area (Å²) in [6.45, 7) is 8.91. The SMILES string of the molecule is CCC(N)C(c1ccc(F)cc1)N1CCC(CC)(CC)C1. The molecule has 0 aromatic heterocycles. The van der Waals surface area contributed by atoms with Gasteiger partial charge in [-0.05, 0) is 55.3 Å². The highest BCUT2D eigenvalue weighted by Crippen LogP contribution is 2.41. The van der Waals surface area contributed by atoms with E-state index in [1.165, 1.54) is 19.3 Å². The highest BCUT2D eigenvalue weighted by atomic mass is 19.1. The predicted molar refractivity (Wildman–Crippen MR) is 86.6 cm³/mol. The van der Waals surface area contributed by atoms with Gasteiger partial charge in [-0.15, -0.1) is 0 Å². The predicted octanol–water partition coefficient (Wildman–Crippen LogP) is 4.12. The van der Waals surface area contributed by atoms with Crippen LogP contribution in [0.15, 0.2) is 24.3 Å². The first kappa shape index (κ1) is 16.4. The Bertz CT molecular complexity index is 439. The minimum absolute atomic E-state index is 0.0972. The van der Waals surface area contributed by atoms with Crippen LogP contribution in [0.2, 0.25) is 0 Å². The number of benzene rings is 1. The van der Waals surface area contributed by atoms with E-state index in [0.717, 1.165) is 25.1 Å². The first-order valence-corrected chi connectivity index (χ1v) is 8.30. The van der Waals surface area contributed by atoms with Gasteiger partial charge in [-0.3, -0.25) is 4.90 Å². The topological polar surface area (TPSA) is 29.3 Å². The third kappa shape index (κ3) is 3.46. The zero-order chi connectivity index (χ0) is 15.5. The van der Waals surface area contributed by atoms with Gasteiger partial charge in [0.05, 0.1) is 0 Å². The third-order valence-electron chi connectivity index (χ3n) is 5.45. The Labute approximate surface area is 128 Å². The first-order chi connectivity index (χ1) is 10.0. The molecular weight excluding hydrogens is 263 g/mol. The van der Waals surface area contributed by atoms with Crippen molar-refractivity contribution >= 4 is 0 Å². The van der Waals surface area contributed by atoms with Crippen LogP contribution in [0.25, 0.3) is 0 Å². The van der Waals surface area contributed by atoms with Crippen molar-refractivity contribution in [2.75, 3.05) is 13.1 Å². The van der Waals surface area contributed by atoms with Gasteiger partial charge in [-0.2, -0.15) is 0 Å². The van der Waals surface area contributed by atoms with Gasteiger partial charge in [0.25, 0.3) is 0 Å². The molecule has 0 aliphatic carbocycles. The van der Waals surface area contributed by atoms with Crippen LogP contribution in [-0.2, 0) is 0 Å². The van der Waals surface area contributed by atoms with E-state index in [1.54, 1.807) is 12.1 Å². The number of hydrogen-bond donors (Lipinski definition) is 1. The van der Waals surface area contributed by atoms with Gasteiger partial charge in [0.1, 0.15) is 5.82 Å². The number of rotatable bonds is 6. The van der Waals surface area contributed by atoms with Crippen molar-refractivity contribution < 1.29 is 4.39 Å². The molecule has 1 aliphatic heterocycles. The van der Waals surface area contributed by atoms with Gasteiger partial charge in [-0.1, -0.05) is 32.9 Å². The smallest absolute Gasteiger partial charge is 0.123 e. The van der Waals surface area contributed by atoms with Crippen molar-refractivity contribution in [3.63, 3.8) is 0 Å². The molecule has 3 heteroatoms. The second-order valence-electron chi connectivity index (χ2n) is 6.50. The molecule has 1 fully saturated rings. The normalized spacial score (nSPS) is 21.4. The number of nitrogens with two attached hydrogens (primary N) is 1. The molecule has 1 aliphatic rings. The average molecular weight is 292 g/mol. The fraction of sp³-hybridized carbons (Fsp3) is 0.667. The van der Waals surface area contributed by atoms with Gasteiger partial charge in [0, 0.05) is 18.6 Å². The molecule has 2 N–H and O–H groups in total. The van der Waals surface area contributed by atoms with E-state index in [0.29, 0.717) is 5.41 Å².